The quantitative estimate of drug-likeness (QED) is 0.843. The first kappa shape index (κ1) is 15.2. The van der Waals surface area contributed by atoms with Gasteiger partial charge in [-0.05, 0) is 44.5 Å². The summed E-state index contributed by atoms with van der Waals surface area (Å²) in [5, 5.41) is 10.5. The predicted octanol–water partition coefficient (Wildman–Crippen LogP) is 2.74. The summed E-state index contributed by atoms with van der Waals surface area (Å²) in [6, 6.07) is 10.5. The number of hydrogen-bond acceptors (Lipinski definition) is 5. The van der Waals surface area contributed by atoms with Crippen LogP contribution in [-0.4, -0.2) is 51.2 Å². The minimum atomic E-state index is 0.487. The maximum atomic E-state index is 5.50. The van der Waals surface area contributed by atoms with Crippen LogP contribution in [0, 0.1) is 0 Å². The molecule has 0 amide bonds. The lowest BCUT2D eigenvalue weighted by atomic mass is 10.3. The Kier molecular flexibility index (Phi) is 4.64. The van der Waals surface area contributed by atoms with Gasteiger partial charge in [0.2, 0.25) is 0 Å². The predicted molar refractivity (Wildman–Crippen MR) is 91.0 cm³/mol. The molecule has 0 radical (unpaired) electrons. The van der Waals surface area contributed by atoms with Gasteiger partial charge in [-0.3, -0.25) is 9.47 Å². The minimum Gasteiger partial charge on any atom is -0.380 e. The average molecular weight is 330 g/mol. The molecule has 0 aliphatic carbocycles. The Labute approximate surface area is 141 Å². The van der Waals surface area contributed by atoms with E-state index in [4.69, 9.17) is 4.74 Å². The summed E-state index contributed by atoms with van der Waals surface area (Å²) in [5.41, 5.74) is 1.15. The summed E-state index contributed by atoms with van der Waals surface area (Å²) in [4.78, 5) is 2.47. The first-order valence-electron chi connectivity index (χ1n) is 8.36. The van der Waals surface area contributed by atoms with E-state index in [1.165, 1.54) is 25.9 Å². The van der Waals surface area contributed by atoms with Gasteiger partial charge in [0.25, 0.3) is 0 Å². The number of aromatic nitrogens is 3. The second-order valence-electron chi connectivity index (χ2n) is 6.16. The van der Waals surface area contributed by atoms with Gasteiger partial charge in [-0.25, -0.2) is 0 Å². The van der Waals surface area contributed by atoms with Crippen LogP contribution in [0.4, 0.5) is 0 Å². The SMILES string of the molecule is c1ccc(-n2c(CN3CCCC3)nnc2SC2CCOC2)cc1. The Bertz CT molecular complexity index is 598. The van der Waals surface area contributed by atoms with Gasteiger partial charge in [0, 0.05) is 17.5 Å². The van der Waals surface area contributed by atoms with Gasteiger partial charge >= 0.3 is 0 Å². The maximum absolute atomic E-state index is 5.50. The van der Waals surface area contributed by atoms with Gasteiger partial charge < -0.3 is 4.74 Å². The standard InChI is InChI=1S/C17H22N4OS/c1-2-6-14(7-3-1)21-16(12-20-9-4-5-10-20)18-19-17(21)23-15-8-11-22-13-15/h1-3,6-7,15H,4-5,8-13H2. The van der Waals surface area contributed by atoms with Crippen molar-refractivity contribution in [2.24, 2.45) is 0 Å². The summed E-state index contributed by atoms with van der Waals surface area (Å²) in [6.07, 6.45) is 3.68. The minimum absolute atomic E-state index is 0.487. The zero-order valence-electron chi connectivity index (χ0n) is 13.2. The number of thioether (sulfide) groups is 1. The fraction of sp³-hybridized carbons (Fsp3) is 0.529. The smallest absolute Gasteiger partial charge is 0.196 e. The Balaban J connectivity index is 1.63. The van der Waals surface area contributed by atoms with Crippen molar-refractivity contribution in [3.63, 3.8) is 0 Å². The molecule has 1 aromatic heterocycles. The molecular formula is C17H22N4OS. The molecular weight excluding hydrogens is 308 g/mol. The normalized spacial score (nSPS) is 22.0. The van der Waals surface area contributed by atoms with Crippen LogP contribution in [0.1, 0.15) is 25.1 Å². The molecule has 0 N–H and O–H groups in total. The van der Waals surface area contributed by atoms with E-state index in [0.29, 0.717) is 5.25 Å². The Morgan fingerprint density at radius 1 is 1.13 bits per heavy atom. The summed E-state index contributed by atoms with van der Waals surface area (Å²) >= 11 is 1.80. The third kappa shape index (κ3) is 3.44. The van der Waals surface area contributed by atoms with E-state index >= 15 is 0 Å². The van der Waals surface area contributed by atoms with Crippen molar-refractivity contribution in [1.82, 2.24) is 19.7 Å². The van der Waals surface area contributed by atoms with E-state index in [-0.39, 0.29) is 0 Å². The fourth-order valence-electron chi connectivity index (χ4n) is 3.21. The van der Waals surface area contributed by atoms with Crippen LogP contribution in [0.25, 0.3) is 5.69 Å². The Morgan fingerprint density at radius 2 is 1.96 bits per heavy atom. The van der Waals surface area contributed by atoms with E-state index in [1.807, 2.05) is 6.07 Å². The highest BCUT2D eigenvalue weighted by Gasteiger charge is 2.23. The van der Waals surface area contributed by atoms with Crippen LogP contribution in [0.5, 0.6) is 0 Å². The number of ether oxygens (including phenoxy) is 1. The molecule has 2 fully saturated rings. The van der Waals surface area contributed by atoms with Crippen molar-refractivity contribution in [3.05, 3.63) is 36.2 Å². The number of likely N-dealkylation sites (tertiary alicyclic amines) is 1. The Morgan fingerprint density at radius 3 is 2.70 bits per heavy atom. The number of rotatable bonds is 5. The molecule has 5 nitrogen and oxygen atoms in total. The molecule has 122 valence electrons. The molecule has 23 heavy (non-hydrogen) atoms. The number of nitrogens with zero attached hydrogens (tertiary/aromatic N) is 4. The summed E-state index contributed by atoms with van der Waals surface area (Å²) in [5.74, 6) is 1.04. The number of hydrogen-bond donors (Lipinski definition) is 0. The van der Waals surface area contributed by atoms with Crippen LogP contribution in [0.2, 0.25) is 0 Å². The van der Waals surface area contributed by atoms with Crippen molar-refractivity contribution in [2.45, 2.75) is 36.2 Å². The fourth-order valence-corrected chi connectivity index (χ4v) is 4.29. The highest BCUT2D eigenvalue weighted by Crippen LogP contribution is 2.30. The van der Waals surface area contributed by atoms with Gasteiger partial charge in [-0.2, -0.15) is 0 Å². The van der Waals surface area contributed by atoms with Crippen molar-refractivity contribution in [3.8, 4) is 5.69 Å². The van der Waals surface area contributed by atoms with Crippen molar-refractivity contribution < 1.29 is 4.74 Å². The largest absolute Gasteiger partial charge is 0.380 e. The van der Waals surface area contributed by atoms with Crippen LogP contribution < -0.4 is 0 Å². The molecule has 4 rings (SSSR count). The molecule has 3 heterocycles. The first-order chi connectivity index (χ1) is 11.4. The summed E-state index contributed by atoms with van der Waals surface area (Å²) < 4.78 is 7.73. The van der Waals surface area contributed by atoms with Gasteiger partial charge in [-0.15, -0.1) is 10.2 Å². The van der Waals surface area contributed by atoms with Crippen molar-refractivity contribution in [1.29, 1.82) is 0 Å². The zero-order valence-corrected chi connectivity index (χ0v) is 14.0. The van der Waals surface area contributed by atoms with Crippen molar-refractivity contribution in [2.75, 3.05) is 26.3 Å². The van der Waals surface area contributed by atoms with E-state index in [0.717, 1.165) is 42.8 Å². The summed E-state index contributed by atoms with van der Waals surface area (Å²) in [7, 11) is 0. The Hall–Kier alpha value is -1.37. The van der Waals surface area contributed by atoms with E-state index in [1.54, 1.807) is 11.8 Å². The van der Waals surface area contributed by atoms with Gasteiger partial charge in [0.15, 0.2) is 11.0 Å². The second kappa shape index (κ2) is 7.03. The van der Waals surface area contributed by atoms with E-state index in [2.05, 4.69) is 43.9 Å². The van der Waals surface area contributed by atoms with Crippen LogP contribution in [0.3, 0.4) is 0 Å². The molecule has 0 saturated carbocycles. The van der Waals surface area contributed by atoms with E-state index < -0.39 is 0 Å². The topological polar surface area (TPSA) is 43.2 Å². The van der Waals surface area contributed by atoms with Gasteiger partial charge in [0.1, 0.15) is 0 Å². The molecule has 0 bridgehead atoms. The summed E-state index contributed by atoms with van der Waals surface area (Å²) in [6.45, 7) is 4.89. The lowest BCUT2D eigenvalue weighted by Gasteiger charge is -2.16. The lowest BCUT2D eigenvalue weighted by Crippen LogP contribution is -2.21. The second-order valence-corrected chi connectivity index (χ2v) is 7.42. The molecule has 1 atom stereocenters. The van der Waals surface area contributed by atoms with Gasteiger partial charge in [-0.1, -0.05) is 30.0 Å². The molecule has 1 unspecified atom stereocenters. The molecule has 2 aliphatic rings. The van der Waals surface area contributed by atoms with Gasteiger partial charge in [0.05, 0.1) is 13.2 Å². The van der Waals surface area contributed by atoms with Crippen LogP contribution in [-0.2, 0) is 11.3 Å². The lowest BCUT2D eigenvalue weighted by molar-refractivity contribution is 0.199. The maximum Gasteiger partial charge on any atom is 0.196 e. The molecule has 0 spiro atoms. The molecule has 6 heteroatoms. The van der Waals surface area contributed by atoms with Crippen LogP contribution in [0.15, 0.2) is 35.5 Å². The average Bonchev–Trinajstić information content (AvgIpc) is 3.32. The highest BCUT2D eigenvalue weighted by molar-refractivity contribution is 7.99. The van der Waals surface area contributed by atoms with E-state index in [9.17, 15) is 0 Å². The molecule has 2 saturated heterocycles. The molecule has 2 aliphatic heterocycles. The molecule has 2 aromatic rings. The van der Waals surface area contributed by atoms with Crippen LogP contribution >= 0.6 is 11.8 Å². The first-order valence-corrected chi connectivity index (χ1v) is 9.24. The number of para-hydroxylation sites is 1. The third-order valence-electron chi connectivity index (χ3n) is 4.44. The monoisotopic (exact) mass is 330 g/mol. The third-order valence-corrected chi connectivity index (χ3v) is 5.62. The molecule has 1 aromatic carbocycles. The highest BCUT2D eigenvalue weighted by atomic mass is 32.2. The number of benzene rings is 1. The zero-order chi connectivity index (χ0) is 15.5. The van der Waals surface area contributed by atoms with Crippen molar-refractivity contribution >= 4 is 11.8 Å².